The Kier molecular flexibility index (Phi) is 4.03. The molecule has 66 valence electrons. The molecule has 0 amide bonds. The van der Waals surface area contributed by atoms with E-state index in [4.69, 9.17) is 0 Å². The molecule has 0 aromatic carbocycles. The highest BCUT2D eigenvalue weighted by atomic mass is 16.6. The Balaban J connectivity index is 3.70. The maximum absolute atomic E-state index is 10.0. The number of nitro groups is 1. The maximum Gasteiger partial charge on any atom is 0.231 e. The van der Waals surface area contributed by atoms with Crippen LogP contribution in [0.25, 0.3) is 0 Å². The summed E-state index contributed by atoms with van der Waals surface area (Å²) >= 11 is 0. The van der Waals surface area contributed by atoms with Crippen LogP contribution in [0.15, 0.2) is 0 Å². The third-order valence-electron chi connectivity index (χ3n) is 1.54. The molecule has 0 aromatic heterocycles. The molecular formula is C7H15NO3. The molecule has 0 fully saturated rings. The molecule has 0 aliphatic carbocycles. The molecular weight excluding hydrogens is 146 g/mol. The average molecular weight is 161 g/mol. The molecule has 0 aliphatic rings. The van der Waals surface area contributed by atoms with Crippen molar-refractivity contribution in [1.82, 2.24) is 0 Å². The fourth-order valence-electron chi connectivity index (χ4n) is 0.915. The fraction of sp³-hybridized carbons (Fsp3) is 1.00. The Morgan fingerprint density at radius 3 is 2.55 bits per heavy atom. The van der Waals surface area contributed by atoms with Crippen LogP contribution in [0.2, 0.25) is 0 Å². The van der Waals surface area contributed by atoms with E-state index in [1.807, 2.05) is 6.92 Å². The molecule has 4 heteroatoms. The van der Waals surface area contributed by atoms with Gasteiger partial charge in [0.15, 0.2) is 0 Å². The summed E-state index contributed by atoms with van der Waals surface area (Å²) < 4.78 is 0. The molecule has 0 bridgehead atoms. The van der Waals surface area contributed by atoms with Crippen molar-refractivity contribution in [3.63, 3.8) is 0 Å². The number of aliphatic hydroxyl groups is 1. The monoisotopic (exact) mass is 161 g/mol. The van der Waals surface area contributed by atoms with Crippen LogP contribution in [-0.4, -0.2) is 22.2 Å². The Bertz CT molecular complexity index is 134. The summed E-state index contributed by atoms with van der Waals surface area (Å²) in [5, 5.41) is 19.4. The van der Waals surface area contributed by atoms with Gasteiger partial charge >= 0.3 is 0 Å². The van der Waals surface area contributed by atoms with Crippen LogP contribution in [0.1, 0.15) is 33.1 Å². The van der Waals surface area contributed by atoms with Gasteiger partial charge in [-0.05, 0) is 13.3 Å². The molecule has 0 aliphatic heterocycles. The van der Waals surface area contributed by atoms with Crippen LogP contribution in [0, 0.1) is 10.1 Å². The quantitative estimate of drug-likeness (QED) is 0.486. The summed E-state index contributed by atoms with van der Waals surface area (Å²) in [6, 6.07) is 0. The first-order valence-electron chi connectivity index (χ1n) is 3.82. The number of nitrogens with zero attached hydrogens (tertiary/aromatic N) is 1. The van der Waals surface area contributed by atoms with Crippen molar-refractivity contribution >= 4 is 0 Å². The smallest absolute Gasteiger partial charge is 0.231 e. The van der Waals surface area contributed by atoms with Crippen molar-refractivity contribution in [1.29, 1.82) is 0 Å². The van der Waals surface area contributed by atoms with E-state index in [1.165, 1.54) is 6.92 Å². The normalized spacial score (nSPS) is 15.9. The predicted octanol–water partition coefficient (Wildman–Crippen LogP) is 1.20. The van der Waals surface area contributed by atoms with Gasteiger partial charge < -0.3 is 5.11 Å². The van der Waals surface area contributed by atoms with Crippen LogP contribution in [0.5, 0.6) is 0 Å². The SMILES string of the molecule is CCCCC(C)(O)C[N+](=O)[O-]. The summed E-state index contributed by atoms with van der Waals surface area (Å²) in [6.45, 7) is 3.14. The first-order chi connectivity index (χ1) is 4.98. The van der Waals surface area contributed by atoms with Gasteiger partial charge in [0.05, 0.1) is 0 Å². The fourth-order valence-corrected chi connectivity index (χ4v) is 0.915. The lowest BCUT2D eigenvalue weighted by atomic mass is 10.00. The molecule has 1 atom stereocenters. The number of hydrogen-bond acceptors (Lipinski definition) is 3. The summed E-state index contributed by atoms with van der Waals surface area (Å²) in [5.74, 6) is 0. The highest BCUT2D eigenvalue weighted by molar-refractivity contribution is 4.70. The van der Waals surface area contributed by atoms with Crippen molar-refractivity contribution in [2.75, 3.05) is 6.54 Å². The van der Waals surface area contributed by atoms with Gasteiger partial charge in [0.25, 0.3) is 0 Å². The number of hydrogen-bond donors (Lipinski definition) is 1. The van der Waals surface area contributed by atoms with Crippen LogP contribution < -0.4 is 0 Å². The summed E-state index contributed by atoms with van der Waals surface area (Å²) in [7, 11) is 0. The molecule has 0 spiro atoms. The molecule has 4 nitrogen and oxygen atoms in total. The summed E-state index contributed by atoms with van der Waals surface area (Å²) in [6.07, 6.45) is 2.29. The van der Waals surface area contributed by atoms with Crippen molar-refractivity contribution in [3.8, 4) is 0 Å². The zero-order valence-electron chi connectivity index (χ0n) is 7.04. The minimum absolute atomic E-state index is 0.354. The number of rotatable bonds is 5. The summed E-state index contributed by atoms with van der Waals surface area (Å²) in [5.41, 5.74) is -1.13. The zero-order valence-corrected chi connectivity index (χ0v) is 7.04. The molecule has 0 saturated carbocycles. The standard InChI is InChI=1S/C7H15NO3/c1-3-4-5-7(2,9)6-8(10)11/h9H,3-6H2,1-2H3. The Labute approximate surface area is 66.4 Å². The topological polar surface area (TPSA) is 63.4 Å². The van der Waals surface area contributed by atoms with Crippen LogP contribution in [0.3, 0.4) is 0 Å². The lowest BCUT2D eigenvalue weighted by molar-refractivity contribution is -0.499. The molecule has 0 heterocycles. The van der Waals surface area contributed by atoms with Crippen molar-refractivity contribution in [2.24, 2.45) is 0 Å². The van der Waals surface area contributed by atoms with E-state index in [-0.39, 0.29) is 6.54 Å². The largest absolute Gasteiger partial charge is 0.383 e. The lowest BCUT2D eigenvalue weighted by Crippen LogP contribution is -2.33. The average Bonchev–Trinajstić information content (AvgIpc) is 1.81. The van der Waals surface area contributed by atoms with E-state index in [0.717, 1.165) is 12.8 Å². The van der Waals surface area contributed by atoms with Gasteiger partial charge in [-0.3, -0.25) is 10.1 Å². The van der Waals surface area contributed by atoms with E-state index < -0.39 is 10.5 Å². The number of unbranched alkanes of at least 4 members (excludes halogenated alkanes) is 1. The highest BCUT2D eigenvalue weighted by Crippen LogP contribution is 2.12. The second-order valence-electron chi connectivity index (χ2n) is 3.09. The van der Waals surface area contributed by atoms with Gasteiger partial charge in [-0.15, -0.1) is 0 Å². The first-order valence-corrected chi connectivity index (χ1v) is 3.82. The predicted molar refractivity (Wildman–Crippen MR) is 42.0 cm³/mol. The van der Waals surface area contributed by atoms with E-state index in [2.05, 4.69) is 0 Å². The molecule has 0 radical (unpaired) electrons. The third kappa shape index (κ3) is 5.79. The van der Waals surface area contributed by atoms with Gasteiger partial charge in [-0.25, -0.2) is 0 Å². The van der Waals surface area contributed by atoms with Gasteiger partial charge in [0, 0.05) is 4.92 Å². The second kappa shape index (κ2) is 4.28. The van der Waals surface area contributed by atoms with E-state index >= 15 is 0 Å². The molecule has 1 unspecified atom stereocenters. The zero-order chi connectivity index (χ0) is 8.91. The van der Waals surface area contributed by atoms with Crippen molar-refractivity contribution < 1.29 is 10.0 Å². The Morgan fingerprint density at radius 2 is 2.18 bits per heavy atom. The molecule has 0 aromatic rings. The minimum Gasteiger partial charge on any atom is -0.383 e. The van der Waals surface area contributed by atoms with Gasteiger partial charge in [0.1, 0.15) is 5.60 Å². The molecule has 0 rings (SSSR count). The first kappa shape index (κ1) is 10.4. The minimum atomic E-state index is -1.13. The maximum atomic E-state index is 10.0. The Morgan fingerprint density at radius 1 is 1.64 bits per heavy atom. The molecule has 11 heavy (non-hydrogen) atoms. The Hall–Kier alpha value is -0.640. The van der Waals surface area contributed by atoms with Crippen LogP contribution in [0.4, 0.5) is 0 Å². The highest BCUT2D eigenvalue weighted by Gasteiger charge is 2.25. The van der Waals surface area contributed by atoms with Crippen LogP contribution in [-0.2, 0) is 0 Å². The third-order valence-corrected chi connectivity index (χ3v) is 1.54. The molecule has 1 N–H and O–H groups in total. The molecule has 0 saturated heterocycles. The van der Waals surface area contributed by atoms with E-state index in [0.29, 0.717) is 6.42 Å². The van der Waals surface area contributed by atoms with Crippen molar-refractivity contribution in [2.45, 2.75) is 38.7 Å². The second-order valence-corrected chi connectivity index (χ2v) is 3.09. The lowest BCUT2D eigenvalue weighted by Gasteiger charge is -2.17. The summed E-state index contributed by atoms with van der Waals surface area (Å²) in [4.78, 5) is 9.55. The van der Waals surface area contributed by atoms with Crippen LogP contribution >= 0.6 is 0 Å². The van der Waals surface area contributed by atoms with E-state index in [9.17, 15) is 15.2 Å². The van der Waals surface area contributed by atoms with E-state index in [1.54, 1.807) is 0 Å². The van der Waals surface area contributed by atoms with Gasteiger partial charge in [0.2, 0.25) is 6.54 Å². The van der Waals surface area contributed by atoms with Crippen molar-refractivity contribution in [3.05, 3.63) is 10.1 Å². The van der Waals surface area contributed by atoms with Gasteiger partial charge in [-0.1, -0.05) is 19.8 Å². The van der Waals surface area contributed by atoms with Gasteiger partial charge in [-0.2, -0.15) is 0 Å².